The zero-order valence-corrected chi connectivity index (χ0v) is 20.9. The summed E-state index contributed by atoms with van der Waals surface area (Å²) in [5.74, 6) is 0.189. The molecule has 38 heavy (non-hydrogen) atoms. The Balaban J connectivity index is 1.15. The molecule has 0 aromatic carbocycles. The second kappa shape index (κ2) is 10.3. The third-order valence-corrected chi connectivity index (χ3v) is 7.32. The topological polar surface area (TPSA) is 239 Å². The number of aliphatic hydroxyl groups excluding tert-OH is 2. The number of nitrogens with two attached hydrogens (primary N) is 1. The Hall–Kier alpha value is -3.02. The number of nitrogens with one attached hydrogen (secondary N) is 1. The van der Waals surface area contributed by atoms with Gasteiger partial charge in [0.1, 0.15) is 36.5 Å². The van der Waals surface area contributed by atoms with E-state index in [0.717, 1.165) is 4.57 Å². The van der Waals surface area contributed by atoms with Gasteiger partial charge in [0, 0.05) is 24.6 Å². The molecule has 0 spiro atoms. The van der Waals surface area contributed by atoms with Crippen LogP contribution in [0.25, 0.3) is 11.2 Å². The predicted octanol–water partition coefficient (Wildman–Crippen LogP) is -1.30. The Morgan fingerprint density at radius 3 is 2.32 bits per heavy atom. The van der Waals surface area contributed by atoms with Crippen LogP contribution in [0.4, 0.5) is 5.82 Å². The van der Waals surface area contributed by atoms with Crippen molar-refractivity contribution in [1.82, 2.24) is 29.1 Å². The number of nitrogens with zero attached hydrogens (tertiary/aromatic N) is 5. The van der Waals surface area contributed by atoms with Crippen molar-refractivity contribution in [3.8, 4) is 0 Å². The van der Waals surface area contributed by atoms with Crippen molar-refractivity contribution in [2.24, 2.45) is 0 Å². The number of phosphoric ester groups is 1. The molecule has 0 aliphatic carbocycles. The summed E-state index contributed by atoms with van der Waals surface area (Å²) in [4.78, 5) is 48.1. The smallest absolute Gasteiger partial charge is 0.390 e. The number of aryl methyl sites for hydroxylation is 1. The van der Waals surface area contributed by atoms with E-state index in [2.05, 4.69) is 19.9 Å². The molecule has 5 heterocycles. The second-order valence-corrected chi connectivity index (χ2v) is 10.4. The molecule has 0 saturated carbocycles. The van der Waals surface area contributed by atoms with Crippen LogP contribution in [0.2, 0.25) is 0 Å². The van der Waals surface area contributed by atoms with Gasteiger partial charge in [0.2, 0.25) is 0 Å². The van der Waals surface area contributed by atoms with Gasteiger partial charge in [0.25, 0.3) is 5.56 Å². The molecule has 206 valence electrons. The molecule has 0 radical (unpaired) electrons. The highest BCUT2D eigenvalue weighted by Crippen LogP contribution is 2.45. The van der Waals surface area contributed by atoms with E-state index < -0.39 is 69.2 Å². The Kier molecular flexibility index (Phi) is 7.19. The van der Waals surface area contributed by atoms with Gasteiger partial charge in [0.05, 0.1) is 31.7 Å². The average molecular weight is 555 g/mol. The van der Waals surface area contributed by atoms with E-state index in [1.165, 1.54) is 25.8 Å². The molecule has 3 aromatic rings. The van der Waals surface area contributed by atoms with E-state index >= 15 is 0 Å². The summed E-state index contributed by atoms with van der Waals surface area (Å²) in [6.07, 6.45) is -1.64. The van der Waals surface area contributed by atoms with Gasteiger partial charge in [0.15, 0.2) is 11.5 Å². The number of H-pyrrole nitrogens is 1. The summed E-state index contributed by atoms with van der Waals surface area (Å²) in [5, 5.41) is 20.7. The molecular weight excluding hydrogens is 529 g/mol. The van der Waals surface area contributed by atoms with Gasteiger partial charge in [-0.3, -0.25) is 28.0 Å². The SMILES string of the molecule is Cc1cn(C2CC(O)C(COP(=O)(O)OCC3OC(n4cnc5c(N)ncnc54)CC3O)O2)c(=O)[nH]c1=O. The molecule has 7 unspecified atom stereocenters. The van der Waals surface area contributed by atoms with Crippen LogP contribution in [-0.4, -0.2) is 81.8 Å². The Labute approximate surface area is 213 Å². The van der Waals surface area contributed by atoms with Crippen LogP contribution >= 0.6 is 7.82 Å². The highest BCUT2D eigenvalue weighted by Gasteiger charge is 2.40. The van der Waals surface area contributed by atoms with E-state index in [9.17, 15) is 29.3 Å². The number of nitrogen functional groups attached to an aromatic ring is 1. The van der Waals surface area contributed by atoms with Gasteiger partial charge >= 0.3 is 13.5 Å². The summed E-state index contributed by atoms with van der Waals surface area (Å²) < 4.78 is 36.5. The van der Waals surface area contributed by atoms with Crippen LogP contribution in [0, 0.1) is 6.92 Å². The molecule has 6 N–H and O–H groups in total. The average Bonchev–Trinajstić information content (AvgIpc) is 3.56. The lowest BCUT2D eigenvalue weighted by Gasteiger charge is -2.20. The number of aromatic nitrogens is 6. The number of anilines is 1. The first-order valence-corrected chi connectivity index (χ1v) is 13.1. The minimum atomic E-state index is -4.65. The quantitative estimate of drug-likeness (QED) is 0.203. The van der Waals surface area contributed by atoms with Crippen molar-refractivity contribution < 1.29 is 38.2 Å². The highest BCUT2D eigenvalue weighted by atomic mass is 31.2. The molecule has 7 atom stereocenters. The van der Waals surface area contributed by atoms with Gasteiger partial charge < -0.3 is 30.3 Å². The first kappa shape index (κ1) is 26.6. The summed E-state index contributed by atoms with van der Waals surface area (Å²) >= 11 is 0. The number of ether oxygens (including phenoxy) is 2. The number of hydrogen-bond donors (Lipinski definition) is 5. The number of aromatic amines is 1. The molecule has 0 bridgehead atoms. The maximum atomic E-state index is 12.4. The first-order chi connectivity index (χ1) is 18.0. The lowest BCUT2D eigenvalue weighted by Crippen LogP contribution is -2.33. The Bertz CT molecular complexity index is 1490. The number of phosphoric acid groups is 1. The van der Waals surface area contributed by atoms with Crippen LogP contribution < -0.4 is 17.0 Å². The van der Waals surface area contributed by atoms with Gasteiger partial charge in [-0.2, -0.15) is 0 Å². The normalized spacial score (nSPS) is 29.2. The van der Waals surface area contributed by atoms with E-state index in [1.54, 1.807) is 4.57 Å². The fourth-order valence-electron chi connectivity index (χ4n) is 4.33. The van der Waals surface area contributed by atoms with Crippen LogP contribution in [-0.2, 0) is 23.1 Å². The molecule has 0 amide bonds. The number of aliphatic hydroxyl groups is 2. The zero-order valence-electron chi connectivity index (χ0n) is 20.0. The molecule has 2 fully saturated rings. The van der Waals surface area contributed by atoms with Gasteiger partial charge in [-0.15, -0.1) is 0 Å². The van der Waals surface area contributed by atoms with Crippen LogP contribution in [0.1, 0.15) is 30.9 Å². The van der Waals surface area contributed by atoms with Crippen LogP contribution in [0.15, 0.2) is 28.4 Å². The van der Waals surface area contributed by atoms with Crippen molar-refractivity contribution in [3.05, 3.63) is 45.3 Å². The zero-order chi connectivity index (χ0) is 27.2. The minimum absolute atomic E-state index is 0.0149. The fraction of sp³-hybridized carbons (Fsp3) is 0.550. The highest BCUT2D eigenvalue weighted by molar-refractivity contribution is 7.47. The molecule has 5 rings (SSSR count). The first-order valence-electron chi connectivity index (χ1n) is 11.6. The third kappa shape index (κ3) is 5.27. The summed E-state index contributed by atoms with van der Waals surface area (Å²) in [6.45, 7) is 0.508. The Morgan fingerprint density at radius 2 is 1.68 bits per heavy atom. The minimum Gasteiger partial charge on any atom is -0.390 e. The molecule has 3 aromatic heterocycles. The summed E-state index contributed by atoms with van der Waals surface area (Å²) in [6, 6.07) is 0. The number of hydrogen-bond acceptors (Lipinski definition) is 13. The standard InChI is InChI=1S/C20H26N7O10P/c1-9-4-26(20(31)25-19(9)30)14-2-10(28)12(36-14)5-34-38(32,33)35-6-13-11(29)3-15(37-13)27-8-24-16-17(21)22-7-23-18(16)27/h4,7-8,10-15,28-29H,2-3,5-6H2,1H3,(H,32,33)(H2,21,22,23)(H,25,30,31). The maximum absolute atomic E-state index is 12.4. The molecule has 2 aliphatic heterocycles. The molecule has 17 nitrogen and oxygen atoms in total. The third-order valence-electron chi connectivity index (χ3n) is 6.37. The number of fused-ring (bicyclic) bond motifs is 1. The largest absolute Gasteiger partial charge is 0.472 e. The summed E-state index contributed by atoms with van der Waals surface area (Å²) in [5.41, 5.74) is 5.58. The lowest BCUT2D eigenvalue weighted by atomic mass is 10.2. The Morgan fingerprint density at radius 1 is 1.08 bits per heavy atom. The molecule has 2 saturated heterocycles. The summed E-state index contributed by atoms with van der Waals surface area (Å²) in [7, 11) is -4.65. The molecular formula is C20H26N7O10P. The number of imidazole rings is 1. The van der Waals surface area contributed by atoms with Gasteiger partial charge in [-0.05, 0) is 6.92 Å². The van der Waals surface area contributed by atoms with Crippen LogP contribution in [0.5, 0.6) is 0 Å². The van der Waals surface area contributed by atoms with Crippen molar-refractivity contribution in [2.45, 2.75) is 56.6 Å². The van der Waals surface area contributed by atoms with E-state index in [-0.39, 0.29) is 24.2 Å². The second-order valence-electron chi connectivity index (χ2n) is 8.99. The van der Waals surface area contributed by atoms with E-state index in [1.807, 2.05) is 0 Å². The van der Waals surface area contributed by atoms with E-state index in [0.29, 0.717) is 11.2 Å². The van der Waals surface area contributed by atoms with Crippen molar-refractivity contribution >= 4 is 24.8 Å². The van der Waals surface area contributed by atoms with Gasteiger partial charge in [-0.1, -0.05) is 0 Å². The monoisotopic (exact) mass is 555 g/mol. The molecule has 18 heteroatoms. The van der Waals surface area contributed by atoms with Crippen LogP contribution in [0.3, 0.4) is 0 Å². The van der Waals surface area contributed by atoms with Crippen molar-refractivity contribution in [3.63, 3.8) is 0 Å². The van der Waals surface area contributed by atoms with Crippen molar-refractivity contribution in [1.29, 1.82) is 0 Å². The van der Waals surface area contributed by atoms with Gasteiger partial charge in [-0.25, -0.2) is 24.3 Å². The predicted molar refractivity (Wildman–Crippen MR) is 127 cm³/mol. The molecule has 2 aliphatic rings. The van der Waals surface area contributed by atoms with Crippen molar-refractivity contribution in [2.75, 3.05) is 18.9 Å². The fourth-order valence-corrected chi connectivity index (χ4v) is 5.07. The lowest BCUT2D eigenvalue weighted by molar-refractivity contribution is -0.0571. The maximum Gasteiger partial charge on any atom is 0.472 e. The number of rotatable bonds is 8. The van der Waals surface area contributed by atoms with E-state index in [4.69, 9.17) is 24.3 Å².